The standard InChI is InChI=1S/2C38H41N9O3.C37H42N10O3/c2*1-25(2)50-32-11-9-29(20-39-32)34-35-30(21-40-34)8-10-31(42-35)47-19-15-38(37(47)49)14-18-45(23-38)22-33(48)46-16-12-27(13-17-46)26-4-6-28(7-5-26)36-41-24-44(3)43-36;1-25(2)50-31-11-7-27(20-38-31)33-34-28(21-39-33)6-10-30(41-34)47-15-13-37(36(47)49)12-14-44(23-37)22-32(48)46-18-16-45(17-19-46)29-8-4-26(5-9-29)35-40-24-43(3)42-35/h2*4-12,20,24-25H,13-19,21-23H2,1-3H3;4-11,20,24-25H,12-19,21-23H2,1-3H3/t2*38-;37-/m000/s1. The van der Waals surface area contributed by atoms with Crippen molar-refractivity contribution in [1.82, 2.24) is 104 Å². The maximum atomic E-state index is 14.0. The van der Waals surface area contributed by atoms with Crippen molar-refractivity contribution in [3.8, 4) is 51.8 Å². The monoisotopic (exact) mass is 2020 g/mol. The third-order valence-corrected chi connectivity index (χ3v) is 30.7. The van der Waals surface area contributed by atoms with Crippen LogP contribution >= 0.6 is 0 Å². The zero-order chi connectivity index (χ0) is 103. The molecule has 150 heavy (non-hydrogen) atoms. The number of amides is 6. The van der Waals surface area contributed by atoms with E-state index in [1.165, 1.54) is 11.1 Å². The largest absolute Gasteiger partial charge is 0.475 e. The van der Waals surface area contributed by atoms with E-state index in [0.717, 1.165) is 185 Å². The van der Waals surface area contributed by atoms with E-state index in [1.54, 1.807) is 51.6 Å². The van der Waals surface area contributed by atoms with Gasteiger partial charge in [0.15, 0.2) is 17.5 Å². The lowest BCUT2D eigenvalue weighted by Gasteiger charge is -2.37. The molecule has 9 aromatic heterocycles. The third-order valence-electron chi connectivity index (χ3n) is 30.7. The number of aliphatic imine (C=N–C) groups is 3. The molecule has 0 radical (unpaired) electrons. The lowest BCUT2D eigenvalue weighted by molar-refractivity contribution is -0.133. The van der Waals surface area contributed by atoms with Crippen molar-refractivity contribution < 1.29 is 43.0 Å². The molecule has 37 heteroatoms. The highest BCUT2D eigenvalue weighted by Crippen LogP contribution is 2.47. The van der Waals surface area contributed by atoms with Gasteiger partial charge < -0.3 is 33.8 Å². The van der Waals surface area contributed by atoms with Gasteiger partial charge in [-0.15, -0.1) is 0 Å². The van der Waals surface area contributed by atoms with Crippen molar-refractivity contribution in [3.05, 3.63) is 257 Å². The predicted octanol–water partition coefficient (Wildman–Crippen LogP) is 11.5. The van der Waals surface area contributed by atoms with Crippen molar-refractivity contribution in [1.29, 1.82) is 0 Å². The number of ether oxygens (including phenoxy) is 3. The van der Waals surface area contributed by atoms with E-state index in [1.807, 2.05) is 201 Å². The molecule has 24 rings (SSSR count). The highest BCUT2D eigenvalue weighted by Gasteiger charge is 2.55. The first-order chi connectivity index (χ1) is 72.7. The number of hydrogen-bond acceptors (Lipinski definition) is 28. The lowest BCUT2D eigenvalue weighted by Crippen LogP contribution is -2.51. The van der Waals surface area contributed by atoms with Crippen LogP contribution in [0.25, 0.3) is 45.3 Å². The summed E-state index contributed by atoms with van der Waals surface area (Å²) in [4.78, 5) is 158. The highest BCUT2D eigenvalue weighted by molar-refractivity contribution is 6.16. The number of benzene rings is 3. The van der Waals surface area contributed by atoms with Gasteiger partial charge in [-0.2, -0.15) is 15.3 Å². The molecule has 3 atom stereocenters. The number of aryl methyl sites for hydroxylation is 3. The molecule has 0 unspecified atom stereocenters. The number of likely N-dealkylation sites (tertiary alicyclic amines) is 3. The lowest BCUT2D eigenvalue weighted by atomic mass is 9.85. The minimum absolute atomic E-state index is 0.0454. The van der Waals surface area contributed by atoms with Gasteiger partial charge in [0.25, 0.3) is 0 Å². The molecule has 770 valence electrons. The maximum absolute atomic E-state index is 14.0. The van der Waals surface area contributed by atoms with Gasteiger partial charge in [0.1, 0.15) is 36.4 Å². The van der Waals surface area contributed by atoms with Gasteiger partial charge in [-0.25, -0.2) is 44.9 Å². The van der Waals surface area contributed by atoms with Gasteiger partial charge >= 0.3 is 0 Å². The van der Waals surface area contributed by atoms with Crippen LogP contribution in [-0.4, -0.2) is 305 Å². The zero-order valence-corrected chi connectivity index (χ0v) is 86.3. The molecule has 12 aliphatic heterocycles. The number of fused-ring (bicyclic) bond motifs is 3. The Hall–Kier alpha value is -15.6. The molecule has 7 fully saturated rings. The second-order valence-electron chi connectivity index (χ2n) is 42.0. The number of pyridine rings is 6. The summed E-state index contributed by atoms with van der Waals surface area (Å²) in [6, 6.07) is 48.2. The molecule has 3 aromatic carbocycles. The summed E-state index contributed by atoms with van der Waals surface area (Å²) >= 11 is 0. The molecule has 7 saturated heterocycles. The molecule has 0 saturated carbocycles. The van der Waals surface area contributed by atoms with Crippen molar-refractivity contribution >= 4 is 86.9 Å². The number of hydrogen-bond donors (Lipinski definition) is 0. The van der Waals surface area contributed by atoms with Crippen LogP contribution in [0.5, 0.6) is 17.6 Å². The Morgan fingerprint density at radius 3 is 0.933 bits per heavy atom. The van der Waals surface area contributed by atoms with Crippen LogP contribution in [0.15, 0.2) is 210 Å². The molecule has 37 nitrogen and oxygen atoms in total. The molecule has 21 heterocycles. The molecule has 0 aliphatic carbocycles. The van der Waals surface area contributed by atoms with Gasteiger partial charge in [0.2, 0.25) is 53.1 Å². The van der Waals surface area contributed by atoms with E-state index in [9.17, 15) is 28.8 Å². The molecule has 0 bridgehead atoms. The summed E-state index contributed by atoms with van der Waals surface area (Å²) < 4.78 is 22.2. The summed E-state index contributed by atoms with van der Waals surface area (Å²) in [6.45, 7) is 25.7. The molecular formula is C113H124N28O9. The van der Waals surface area contributed by atoms with Crippen molar-refractivity contribution in [2.75, 3.05) is 150 Å². The van der Waals surface area contributed by atoms with Crippen LogP contribution in [0.2, 0.25) is 0 Å². The molecule has 12 aromatic rings. The molecule has 3 spiro atoms. The quantitative estimate of drug-likeness (QED) is 0.0542. The average Bonchev–Trinajstić information content (AvgIpc) is 1.60. The molecular weight excluding hydrogens is 1890 g/mol. The third kappa shape index (κ3) is 20.7. The van der Waals surface area contributed by atoms with E-state index in [-0.39, 0.29) is 53.8 Å². The van der Waals surface area contributed by atoms with Gasteiger partial charge in [0, 0.05) is 205 Å². The Morgan fingerprint density at radius 2 is 0.640 bits per heavy atom. The normalized spacial score (nSPS) is 20.6. The van der Waals surface area contributed by atoms with Gasteiger partial charge in [-0.1, -0.05) is 78.9 Å². The van der Waals surface area contributed by atoms with E-state index < -0.39 is 16.2 Å². The van der Waals surface area contributed by atoms with Crippen LogP contribution in [0.1, 0.15) is 154 Å². The fourth-order valence-corrected chi connectivity index (χ4v) is 22.6. The highest BCUT2D eigenvalue weighted by atomic mass is 16.5. The van der Waals surface area contributed by atoms with E-state index in [2.05, 4.69) is 113 Å². The first-order valence-electron chi connectivity index (χ1n) is 52.3. The summed E-state index contributed by atoms with van der Waals surface area (Å²) in [5, 5.41) is 13.1. The Bertz CT molecular complexity index is 7000. The van der Waals surface area contributed by atoms with Crippen LogP contribution in [-0.2, 0) is 69.5 Å². The minimum atomic E-state index is -0.486. The van der Waals surface area contributed by atoms with Crippen molar-refractivity contribution in [3.63, 3.8) is 0 Å². The number of nitrogens with zero attached hydrogens (tertiary/aromatic N) is 28. The van der Waals surface area contributed by atoms with Crippen molar-refractivity contribution in [2.45, 2.75) is 131 Å². The van der Waals surface area contributed by atoms with Crippen LogP contribution in [0.4, 0.5) is 23.1 Å². The number of carbonyl (C=O) groups excluding carboxylic acids is 6. The predicted molar refractivity (Wildman–Crippen MR) is 569 cm³/mol. The number of carbonyl (C=O) groups is 6. The second kappa shape index (κ2) is 41.8. The molecule has 6 amide bonds. The van der Waals surface area contributed by atoms with Crippen molar-refractivity contribution in [2.24, 2.45) is 52.4 Å². The second-order valence-corrected chi connectivity index (χ2v) is 42.0. The van der Waals surface area contributed by atoms with Crippen LogP contribution < -0.4 is 33.8 Å². The summed E-state index contributed by atoms with van der Waals surface area (Å²) in [5.41, 5.74) is 17.9. The van der Waals surface area contributed by atoms with E-state index >= 15 is 0 Å². The van der Waals surface area contributed by atoms with Gasteiger partial charge in [-0.05, 0) is 195 Å². The molecule has 0 N–H and O–H groups in total. The first kappa shape index (κ1) is 99.0. The Labute approximate surface area is 871 Å². The summed E-state index contributed by atoms with van der Waals surface area (Å²) in [5.74, 6) is 6.47. The SMILES string of the molecule is CC(C)Oc1ccc(C2=NCc3ccc(N4CC[C@]5(CCN(CC(=O)N6CC=C(c7ccc(-c8ncn(C)n8)cc7)CC6)C5)C4=O)nc32)cn1.CC(C)Oc1ccc(C2=NCc3ccc(N4CC[C@]5(CCN(CC(=O)N6CC=C(c7ccc(-c8ncn(C)n8)cc7)CC6)C5)C4=O)nc32)cn1.CC(C)Oc1ccc(C2=NCc3ccc(N4CC[C@]5(CCN(CC(=O)N6CCN(c7ccc(-c8ncn(C)n8)cc7)CC6)C5)C4=O)nc32)cn1. The number of rotatable bonds is 24. The zero-order valence-electron chi connectivity index (χ0n) is 86.3. The average molecular weight is 2020 g/mol. The Balaban J connectivity index is 0.000000127. The summed E-state index contributed by atoms with van der Waals surface area (Å²) in [6.07, 6.45) is 21.0. The topological polar surface area (TPSA) is 369 Å². The van der Waals surface area contributed by atoms with Gasteiger partial charge in [-0.3, -0.25) is 87.2 Å². The Kier molecular flexibility index (Phi) is 27.6. The first-order valence-corrected chi connectivity index (χ1v) is 52.3. The Morgan fingerprint density at radius 1 is 0.333 bits per heavy atom. The van der Waals surface area contributed by atoms with E-state index in [0.29, 0.717) is 170 Å². The minimum Gasteiger partial charge on any atom is -0.475 e. The fourth-order valence-electron chi connectivity index (χ4n) is 22.6. The van der Waals surface area contributed by atoms with E-state index in [4.69, 9.17) is 44.1 Å². The number of piperazine rings is 1. The van der Waals surface area contributed by atoms with Gasteiger partial charge in [0.05, 0.1) is 108 Å². The molecule has 12 aliphatic rings. The number of anilines is 4. The number of aromatic nitrogens is 15. The fraction of sp³-hybridized carbons (Fsp3) is 0.407. The smallest absolute Gasteiger partial charge is 0.237 e. The summed E-state index contributed by atoms with van der Waals surface area (Å²) in [7, 11) is 5.58. The maximum Gasteiger partial charge on any atom is 0.237 e. The van der Waals surface area contributed by atoms with Crippen LogP contribution in [0, 0.1) is 16.2 Å². The van der Waals surface area contributed by atoms with Crippen LogP contribution in [0.3, 0.4) is 0 Å².